The molecule has 11 heteroatoms. The number of carbonyl (C=O) groups excluding carboxylic acids is 2. The predicted molar refractivity (Wildman–Crippen MR) is 113 cm³/mol. The Labute approximate surface area is 181 Å². The number of hydrogen-bond donors (Lipinski definition) is 2. The van der Waals surface area contributed by atoms with Crippen LogP contribution in [0.25, 0.3) is 5.69 Å². The van der Waals surface area contributed by atoms with E-state index < -0.39 is 10.0 Å². The van der Waals surface area contributed by atoms with Crippen LogP contribution in [0, 0.1) is 5.92 Å². The second-order valence-electron chi connectivity index (χ2n) is 7.87. The van der Waals surface area contributed by atoms with E-state index in [0.29, 0.717) is 31.6 Å². The molecule has 1 aromatic carbocycles. The highest BCUT2D eigenvalue weighted by Crippen LogP contribution is 2.29. The Bertz CT molecular complexity index is 1100. The maximum Gasteiger partial charge on any atom is 0.266 e. The molecule has 2 aliphatic heterocycles. The summed E-state index contributed by atoms with van der Waals surface area (Å²) in [6, 6.07) is 4.42. The number of carbonyl (C=O) groups is 2. The van der Waals surface area contributed by atoms with Crippen LogP contribution in [0.1, 0.15) is 49.9 Å². The molecule has 4 rings (SSSR count). The van der Waals surface area contributed by atoms with Gasteiger partial charge >= 0.3 is 0 Å². The molecule has 3 heterocycles. The Kier molecular flexibility index (Phi) is 5.69. The van der Waals surface area contributed by atoms with Gasteiger partial charge in [0.1, 0.15) is 11.2 Å². The van der Waals surface area contributed by atoms with Crippen LogP contribution in [0.3, 0.4) is 0 Å². The van der Waals surface area contributed by atoms with Crippen molar-refractivity contribution in [2.24, 2.45) is 5.92 Å². The molecule has 10 nitrogen and oxygen atoms in total. The summed E-state index contributed by atoms with van der Waals surface area (Å²) in [5, 5.41) is 7.00. The van der Waals surface area contributed by atoms with E-state index in [4.69, 9.17) is 0 Å². The number of piperidine rings is 1. The zero-order valence-corrected chi connectivity index (χ0v) is 18.4. The molecule has 1 fully saturated rings. The van der Waals surface area contributed by atoms with Crippen LogP contribution >= 0.6 is 0 Å². The van der Waals surface area contributed by atoms with E-state index in [9.17, 15) is 18.0 Å². The van der Waals surface area contributed by atoms with Crippen molar-refractivity contribution in [1.29, 1.82) is 0 Å². The zero-order valence-electron chi connectivity index (χ0n) is 17.5. The minimum Gasteiger partial charge on any atom is -0.349 e. The fraction of sp³-hybridized carbons (Fsp3) is 0.500. The van der Waals surface area contributed by atoms with Gasteiger partial charge in [0.15, 0.2) is 0 Å². The number of aromatic nitrogens is 3. The summed E-state index contributed by atoms with van der Waals surface area (Å²) in [6.45, 7) is 5.27. The van der Waals surface area contributed by atoms with E-state index in [-0.39, 0.29) is 40.2 Å². The molecule has 166 valence electrons. The average molecular weight is 447 g/mol. The number of sulfonamides is 1. The molecule has 0 unspecified atom stereocenters. The lowest BCUT2D eigenvalue weighted by Gasteiger charge is -2.34. The van der Waals surface area contributed by atoms with Crippen molar-refractivity contribution in [2.75, 3.05) is 17.8 Å². The maximum atomic E-state index is 12.8. The number of nitrogens with one attached hydrogen (secondary N) is 2. The molecule has 1 saturated heterocycles. The molecule has 0 atom stereocenters. The molecule has 0 spiro atoms. The fourth-order valence-electron chi connectivity index (χ4n) is 4.12. The molecule has 0 radical (unpaired) electrons. The standard InChI is InChI=1S/C20H26N6O4S/c1-3-13(4-2)19(28)25-9-7-15(8-10-25)23-18(27)14-5-6-16-17(11-14)31(29,30)24-20-21-12-22-26(16)20/h5-6,11-13,15H,3-4,7-10H2,1-2H3,(H,23,27)(H,21,22,24). The number of hydrogen-bond acceptors (Lipinski definition) is 6. The van der Waals surface area contributed by atoms with Crippen molar-refractivity contribution in [3.05, 3.63) is 30.1 Å². The lowest BCUT2D eigenvalue weighted by molar-refractivity contribution is -0.136. The summed E-state index contributed by atoms with van der Waals surface area (Å²) < 4.78 is 28.8. The third-order valence-electron chi connectivity index (χ3n) is 5.99. The van der Waals surface area contributed by atoms with Gasteiger partial charge in [-0.1, -0.05) is 13.8 Å². The number of anilines is 1. The first-order valence-electron chi connectivity index (χ1n) is 10.5. The summed E-state index contributed by atoms with van der Waals surface area (Å²) in [5.41, 5.74) is 0.597. The van der Waals surface area contributed by atoms with Gasteiger partial charge in [-0.25, -0.2) is 13.1 Å². The summed E-state index contributed by atoms with van der Waals surface area (Å²) in [7, 11) is -3.84. The summed E-state index contributed by atoms with van der Waals surface area (Å²) in [6.07, 6.45) is 4.26. The zero-order chi connectivity index (χ0) is 22.2. The monoisotopic (exact) mass is 446 g/mol. The van der Waals surface area contributed by atoms with Crippen molar-refractivity contribution in [2.45, 2.75) is 50.5 Å². The Morgan fingerprint density at radius 2 is 1.94 bits per heavy atom. The maximum absolute atomic E-state index is 12.8. The molecule has 2 aliphatic rings. The quantitative estimate of drug-likeness (QED) is 0.717. The minimum absolute atomic E-state index is 0.0243. The SMILES string of the molecule is CCC(CC)C(=O)N1CCC(NC(=O)c2ccc3c(c2)S(=O)(=O)Nc2ncnn2-3)CC1. The van der Waals surface area contributed by atoms with Crippen molar-refractivity contribution < 1.29 is 18.0 Å². The molecule has 2 aromatic rings. The van der Waals surface area contributed by atoms with Crippen molar-refractivity contribution in [3.8, 4) is 5.69 Å². The highest BCUT2D eigenvalue weighted by molar-refractivity contribution is 7.93. The first kappa shape index (κ1) is 21.3. The van der Waals surface area contributed by atoms with Gasteiger partial charge in [-0.15, -0.1) is 0 Å². The highest BCUT2D eigenvalue weighted by Gasteiger charge is 2.31. The van der Waals surface area contributed by atoms with Crippen molar-refractivity contribution >= 4 is 27.8 Å². The molecule has 2 N–H and O–H groups in total. The number of amides is 2. The third-order valence-corrected chi connectivity index (χ3v) is 7.35. The molecular formula is C20H26N6O4S. The van der Waals surface area contributed by atoms with E-state index in [1.807, 2.05) is 18.7 Å². The Balaban J connectivity index is 1.44. The highest BCUT2D eigenvalue weighted by atomic mass is 32.2. The van der Waals surface area contributed by atoms with Gasteiger partial charge in [-0.3, -0.25) is 9.59 Å². The van der Waals surface area contributed by atoms with Gasteiger partial charge < -0.3 is 10.2 Å². The van der Waals surface area contributed by atoms with E-state index in [0.717, 1.165) is 12.8 Å². The Morgan fingerprint density at radius 3 is 2.61 bits per heavy atom. The molecule has 2 amide bonds. The predicted octanol–water partition coefficient (Wildman–Crippen LogP) is 1.54. The van der Waals surface area contributed by atoms with Gasteiger partial charge in [-0.05, 0) is 43.9 Å². The number of rotatable bonds is 5. The minimum atomic E-state index is -3.84. The van der Waals surface area contributed by atoms with Gasteiger partial charge in [0, 0.05) is 30.6 Å². The lowest BCUT2D eigenvalue weighted by Crippen LogP contribution is -2.48. The van der Waals surface area contributed by atoms with Crippen molar-refractivity contribution in [1.82, 2.24) is 25.0 Å². The van der Waals surface area contributed by atoms with Crippen LogP contribution in [0.15, 0.2) is 29.4 Å². The molecular weight excluding hydrogens is 420 g/mol. The van der Waals surface area contributed by atoms with E-state index in [2.05, 4.69) is 20.1 Å². The van der Waals surface area contributed by atoms with Crippen LogP contribution in [0.2, 0.25) is 0 Å². The number of benzene rings is 1. The van der Waals surface area contributed by atoms with Crippen LogP contribution in [0.4, 0.5) is 5.95 Å². The van der Waals surface area contributed by atoms with Crippen LogP contribution < -0.4 is 10.0 Å². The number of fused-ring (bicyclic) bond motifs is 3. The van der Waals surface area contributed by atoms with Crippen LogP contribution in [-0.2, 0) is 14.8 Å². The Morgan fingerprint density at radius 1 is 1.23 bits per heavy atom. The second-order valence-corrected chi connectivity index (χ2v) is 9.52. The van der Waals surface area contributed by atoms with Gasteiger partial charge in [0.25, 0.3) is 15.9 Å². The normalized spacial score (nSPS) is 17.6. The molecule has 0 saturated carbocycles. The van der Waals surface area contributed by atoms with E-state index in [1.54, 1.807) is 12.1 Å². The topological polar surface area (TPSA) is 126 Å². The second kappa shape index (κ2) is 8.29. The first-order chi connectivity index (χ1) is 14.8. The largest absolute Gasteiger partial charge is 0.349 e. The smallest absolute Gasteiger partial charge is 0.266 e. The van der Waals surface area contributed by atoms with Gasteiger partial charge in [-0.2, -0.15) is 14.8 Å². The Hall–Kier alpha value is -2.95. The molecule has 0 bridgehead atoms. The van der Waals surface area contributed by atoms with Crippen LogP contribution in [-0.4, -0.2) is 59.0 Å². The molecule has 0 aliphatic carbocycles. The van der Waals surface area contributed by atoms with E-state index in [1.165, 1.54) is 17.1 Å². The number of likely N-dealkylation sites (tertiary alicyclic amines) is 1. The summed E-state index contributed by atoms with van der Waals surface area (Å²) in [4.78, 5) is 31.1. The molecule has 31 heavy (non-hydrogen) atoms. The molecule has 1 aromatic heterocycles. The summed E-state index contributed by atoms with van der Waals surface area (Å²) in [5.74, 6) is 0.0175. The fourth-order valence-corrected chi connectivity index (χ4v) is 5.32. The van der Waals surface area contributed by atoms with Gasteiger partial charge in [0.2, 0.25) is 11.9 Å². The third kappa shape index (κ3) is 4.01. The van der Waals surface area contributed by atoms with Crippen molar-refractivity contribution in [3.63, 3.8) is 0 Å². The first-order valence-corrected chi connectivity index (χ1v) is 12.0. The summed E-state index contributed by atoms with van der Waals surface area (Å²) >= 11 is 0. The average Bonchev–Trinajstić information content (AvgIpc) is 3.22. The lowest BCUT2D eigenvalue weighted by atomic mass is 9.98. The van der Waals surface area contributed by atoms with Crippen LogP contribution in [0.5, 0.6) is 0 Å². The number of nitrogens with zero attached hydrogens (tertiary/aromatic N) is 4. The van der Waals surface area contributed by atoms with E-state index >= 15 is 0 Å². The van der Waals surface area contributed by atoms with Gasteiger partial charge in [0.05, 0.1) is 5.69 Å².